The molecule has 0 radical (unpaired) electrons. The maximum Gasteiger partial charge on any atom is 0.127 e. The molecule has 0 heterocycles. The van der Waals surface area contributed by atoms with Gasteiger partial charge in [-0.05, 0) is 214 Å². The minimum atomic E-state index is 0.430. The molecule has 0 unspecified atom stereocenters. The maximum absolute atomic E-state index is 8.55. The van der Waals surface area contributed by atoms with Crippen molar-refractivity contribution in [2.45, 2.75) is 0 Å². The Morgan fingerprint density at radius 1 is 0.188 bits per heavy atom. The van der Waals surface area contributed by atoms with Crippen molar-refractivity contribution in [2.75, 3.05) is 19.6 Å². The Morgan fingerprint density at radius 2 is 0.424 bits per heavy atom. The summed E-state index contributed by atoms with van der Waals surface area (Å²) in [7, 11) is 0. The first-order valence-corrected chi connectivity index (χ1v) is 28.6. The average molecular weight is 1100 g/mol. The van der Waals surface area contributed by atoms with E-state index in [0.29, 0.717) is 23.6 Å². The predicted molar refractivity (Wildman–Crippen MR) is 358 cm³/mol. The lowest BCUT2D eigenvalue weighted by molar-refractivity contribution is 0.483. The molecule has 0 fully saturated rings. The Morgan fingerprint density at radius 3 is 0.741 bits per heavy atom. The van der Waals surface area contributed by atoms with Gasteiger partial charge in [-0.2, -0.15) is 0 Å². The molecule has 0 aliphatic heterocycles. The number of nitrogens with zero attached hydrogens (tertiary/aromatic N) is 4. The summed E-state index contributed by atoms with van der Waals surface area (Å²) < 4.78 is 23.6. The topological polar surface area (TPSA) is 22.2 Å². The fourth-order valence-corrected chi connectivity index (χ4v) is 11.3. The Bertz CT molecular complexity index is 4360. The lowest BCUT2D eigenvalue weighted by Crippen LogP contribution is -2.10. The van der Waals surface area contributed by atoms with Crippen LogP contribution in [-0.4, -0.2) is 0 Å². The van der Waals surface area contributed by atoms with Crippen LogP contribution in [0.25, 0.3) is 43.8 Å². The number of hydrogen-bond acceptors (Lipinski definition) is 5. The first-order valence-electron chi connectivity index (χ1n) is 29.6. The number of hydrogen-bond donors (Lipinski definition) is 0. The van der Waals surface area contributed by atoms with Crippen molar-refractivity contribution in [1.82, 2.24) is 0 Å². The number of ether oxygens (including phenoxy) is 1. The fraction of sp³-hybridized carbons (Fsp3) is 0. The largest absolute Gasteiger partial charge is 0.457 e. The van der Waals surface area contributed by atoms with Crippen molar-refractivity contribution >= 4 is 89.8 Å². The third-order valence-electron chi connectivity index (χ3n) is 15.5. The van der Waals surface area contributed by atoms with Gasteiger partial charge in [0.15, 0.2) is 0 Å². The zero-order valence-electron chi connectivity index (χ0n) is 48.5. The van der Waals surface area contributed by atoms with Crippen LogP contribution >= 0.6 is 0 Å². The van der Waals surface area contributed by atoms with E-state index in [1.807, 2.05) is 60.7 Å². The van der Waals surface area contributed by atoms with E-state index < -0.39 is 0 Å². The normalized spacial score (nSPS) is 11.4. The second kappa shape index (κ2) is 23.6. The molecule has 0 bridgehead atoms. The summed E-state index contributed by atoms with van der Waals surface area (Å²) >= 11 is 0. The molecule has 0 aliphatic carbocycles. The molecular weight excluding hydrogens is 1030 g/mol. The van der Waals surface area contributed by atoms with E-state index in [1.54, 1.807) is 12.1 Å². The summed E-state index contributed by atoms with van der Waals surface area (Å²) in [6, 6.07) is 118. The van der Waals surface area contributed by atoms with Crippen molar-refractivity contribution < 1.29 is 7.48 Å². The number of benzene rings is 14. The highest BCUT2D eigenvalue weighted by molar-refractivity contribution is 5.91. The average Bonchev–Trinajstić information content (AvgIpc) is 2.44. The van der Waals surface area contributed by atoms with Crippen LogP contribution in [0.1, 0.15) is 2.74 Å². The third kappa shape index (κ3) is 11.1. The molecule has 0 amide bonds. The monoisotopic (exact) mass is 1090 g/mol. The quantitative estimate of drug-likeness (QED) is 0.0959. The molecule has 0 aromatic heterocycles. The summed E-state index contributed by atoms with van der Waals surface area (Å²) in [5.74, 6) is 1.38. The molecule has 0 atom stereocenters. The molecule has 0 aliphatic rings. The minimum Gasteiger partial charge on any atom is -0.457 e. The molecule has 0 spiro atoms. The standard InChI is InChI=1S/C80H58N4O/c1-5-21-67(22-6-1)81(71-39-29-61(30-40-71)63-33-43-73(44-34-63)83(69-25-9-3-10-26-69)77-47-37-59-17-13-15-19-65(59)57-77)75-49-53-79(54-50-75)85-80-55-51-76(52-56-80)82(68-23-7-2-8-24-68)72-41-31-62(32-42-72)64-35-45-74(46-36-64)84(70-27-11-4-12-28-70)78-48-38-60-18-14-16-20-66(60)58-78/h1-58H/i5T,7T. The lowest BCUT2D eigenvalue weighted by Gasteiger charge is -2.26. The van der Waals surface area contributed by atoms with Crippen molar-refractivity contribution in [3.05, 3.63) is 352 Å². The van der Waals surface area contributed by atoms with Gasteiger partial charge in [0.25, 0.3) is 0 Å². The van der Waals surface area contributed by atoms with Crippen molar-refractivity contribution in [3.63, 3.8) is 0 Å². The number of anilines is 12. The molecule has 0 saturated carbocycles. The number of para-hydroxylation sites is 4. The van der Waals surface area contributed by atoms with Crippen LogP contribution in [-0.2, 0) is 0 Å². The SMILES string of the molecule is [3H]c1cccc(N(c2ccc(Oc3ccc(N(c4ccc(-c5ccc(N(c6ccccc6)c6ccc7ccccc7c6)cc5)cc4)c4cccc([3H])c4)cc3)cc2)c2ccc(-c3ccc(N(c4ccccc4)c4ccc5ccccc5c4)cc3)cc2)c1. The van der Waals surface area contributed by atoms with Gasteiger partial charge in [-0.15, -0.1) is 0 Å². The van der Waals surface area contributed by atoms with Gasteiger partial charge in [-0.3, -0.25) is 0 Å². The zero-order valence-corrected chi connectivity index (χ0v) is 46.5. The molecule has 14 aromatic carbocycles. The van der Waals surface area contributed by atoms with Crippen molar-refractivity contribution in [1.29, 1.82) is 0 Å². The molecule has 5 nitrogen and oxygen atoms in total. The smallest absolute Gasteiger partial charge is 0.127 e. The highest BCUT2D eigenvalue weighted by Crippen LogP contribution is 2.42. The van der Waals surface area contributed by atoms with E-state index in [0.717, 1.165) is 90.5 Å². The van der Waals surface area contributed by atoms with Gasteiger partial charge >= 0.3 is 0 Å². The molecule has 404 valence electrons. The summed E-state index contributed by atoms with van der Waals surface area (Å²) in [5, 5.41) is 4.82. The van der Waals surface area contributed by atoms with E-state index >= 15 is 0 Å². The first-order chi connectivity index (χ1) is 42.9. The van der Waals surface area contributed by atoms with E-state index in [1.165, 1.54) is 21.5 Å². The summed E-state index contributed by atoms with van der Waals surface area (Å²) in [6.45, 7) is 0. The fourth-order valence-electron chi connectivity index (χ4n) is 11.3. The summed E-state index contributed by atoms with van der Waals surface area (Å²) in [5.41, 5.74) is 16.5. The van der Waals surface area contributed by atoms with Crippen LogP contribution in [0.5, 0.6) is 11.5 Å². The number of rotatable bonds is 16. The van der Waals surface area contributed by atoms with E-state index in [2.05, 4.69) is 287 Å². The van der Waals surface area contributed by atoms with Gasteiger partial charge in [0, 0.05) is 68.2 Å². The second-order valence-corrected chi connectivity index (χ2v) is 20.9. The van der Waals surface area contributed by atoms with E-state index in [-0.39, 0.29) is 0 Å². The van der Waals surface area contributed by atoms with Crippen LogP contribution < -0.4 is 24.3 Å². The molecule has 0 saturated heterocycles. The predicted octanol–water partition coefficient (Wildman–Crippen LogP) is 23.0. The van der Waals surface area contributed by atoms with Gasteiger partial charge < -0.3 is 24.3 Å². The van der Waals surface area contributed by atoms with Gasteiger partial charge in [0.05, 0.1) is 2.74 Å². The molecule has 85 heavy (non-hydrogen) atoms. The van der Waals surface area contributed by atoms with E-state index in [9.17, 15) is 0 Å². The zero-order chi connectivity index (χ0) is 58.5. The van der Waals surface area contributed by atoms with Gasteiger partial charge in [0.2, 0.25) is 0 Å². The molecule has 0 N–H and O–H groups in total. The lowest BCUT2D eigenvalue weighted by atomic mass is 10.0. The Balaban J connectivity index is 0.686. The van der Waals surface area contributed by atoms with Crippen LogP contribution in [0.3, 0.4) is 0 Å². The molecular formula is C80H58N4O. The Hall–Kier alpha value is -11.4. The van der Waals surface area contributed by atoms with Crippen LogP contribution in [0.2, 0.25) is 0 Å². The summed E-state index contributed by atoms with van der Waals surface area (Å²) in [6.07, 6.45) is 0. The highest BCUT2D eigenvalue weighted by Gasteiger charge is 2.18. The van der Waals surface area contributed by atoms with Crippen molar-refractivity contribution in [3.8, 4) is 33.8 Å². The molecule has 14 rings (SSSR count). The van der Waals surface area contributed by atoms with Gasteiger partial charge in [-0.25, -0.2) is 0 Å². The van der Waals surface area contributed by atoms with E-state index in [4.69, 9.17) is 7.48 Å². The van der Waals surface area contributed by atoms with Crippen molar-refractivity contribution in [2.24, 2.45) is 0 Å². The Labute approximate surface area is 499 Å². The Kier molecular flexibility index (Phi) is 13.7. The highest BCUT2D eigenvalue weighted by atomic mass is 16.5. The van der Waals surface area contributed by atoms with Crippen LogP contribution in [0.15, 0.2) is 352 Å². The summed E-state index contributed by atoms with van der Waals surface area (Å²) in [4.78, 5) is 8.94. The first kappa shape index (κ1) is 49.4. The second-order valence-electron chi connectivity index (χ2n) is 20.9. The van der Waals surface area contributed by atoms with Crippen LogP contribution in [0, 0.1) is 0 Å². The third-order valence-corrected chi connectivity index (χ3v) is 15.5. The minimum absolute atomic E-state index is 0.430. The van der Waals surface area contributed by atoms with Gasteiger partial charge in [0.1, 0.15) is 11.5 Å². The molecule has 5 heteroatoms. The number of fused-ring (bicyclic) bond motifs is 2. The maximum atomic E-state index is 8.55. The molecule has 14 aromatic rings. The van der Waals surface area contributed by atoms with Crippen LogP contribution in [0.4, 0.5) is 68.2 Å². The van der Waals surface area contributed by atoms with Gasteiger partial charge in [-0.1, -0.05) is 182 Å².